The molecule has 0 amide bonds. The van der Waals surface area contributed by atoms with E-state index in [1.54, 1.807) is 6.92 Å². The van der Waals surface area contributed by atoms with Gasteiger partial charge < -0.3 is 9.84 Å². The Morgan fingerprint density at radius 3 is 2.58 bits per heavy atom. The third-order valence-electron chi connectivity index (χ3n) is 1.11. The van der Waals surface area contributed by atoms with Crippen molar-refractivity contribution in [3.63, 3.8) is 0 Å². The molecule has 0 aromatic carbocycles. The molecule has 0 aromatic rings. The minimum Gasteiger partial charge on any atom is -0.481 e. The number of carboxylic acid groups (broad SMARTS) is 1. The molecule has 12 heavy (non-hydrogen) atoms. The van der Waals surface area contributed by atoms with Crippen LogP contribution in [-0.4, -0.2) is 28.9 Å². The van der Waals surface area contributed by atoms with Crippen molar-refractivity contribution in [3.8, 4) is 0 Å². The van der Waals surface area contributed by atoms with Gasteiger partial charge in [-0.15, -0.1) is 0 Å². The zero-order chi connectivity index (χ0) is 9.56. The Balaban J connectivity index is 3.61. The van der Waals surface area contributed by atoms with Crippen molar-refractivity contribution in [3.05, 3.63) is 0 Å². The Labute approximate surface area is 76.3 Å². The van der Waals surface area contributed by atoms with Gasteiger partial charge in [-0.25, -0.2) is 0 Å². The normalized spacial score (nSPS) is 12.2. The minimum atomic E-state index is -0.971. The highest BCUT2D eigenvalue weighted by atomic mass is 32.1. The average molecular weight is 192 g/mol. The number of thiol groups is 1. The Kier molecular flexibility index (Phi) is 5.53. The lowest BCUT2D eigenvalue weighted by atomic mass is 10.3. The summed E-state index contributed by atoms with van der Waals surface area (Å²) in [5.41, 5.74) is 0. The Bertz CT molecular complexity index is 169. The molecule has 0 aromatic heterocycles. The van der Waals surface area contributed by atoms with Crippen molar-refractivity contribution in [1.82, 2.24) is 0 Å². The van der Waals surface area contributed by atoms with Crippen molar-refractivity contribution in [2.75, 3.05) is 5.75 Å². The molecule has 70 valence electrons. The summed E-state index contributed by atoms with van der Waals surface area (Å²) in [5.74, 6) is -0.960. The van der Waals surface area contributed by atoms with Crippen LogP contribution in [0.25, 0.3) is 0 Å². The molecule has 0 rings (SSSR count). The number of hydrogen-bond donors (Lipinski definition) is 2. The Morgan fingerprint density at radius 1 is 1.58 bits per heavy atom. The molecule has 0 aliphatic carbocycles. The molecule has 0 bridgehead atoms. The number of carboxylic acids is 1. The van der Waals surface area contributed by atoms with Gasteiger partial charge in [-0.1, -0.05) is 0 Å². The molecule has 0 aliphatic rings. The lowest BCUT2D eigenvalue weighted by Crippen LogP contribution is -2.18. The predicted octanol–water partition coefficient (Wildman–Crippen LogP) is 0.713. The maximum atomic E-state index is 10.8. The minimum absolute atomic E-state index is 0.154. The van der Waals surface area contributed by atoms with E-state index in [1.807, 2.05) is 0 Å². The second-order valence-electron chi connectivity index (χ2n) is 2.37. The van der Waals surface area contributed by atoms with E-state index in [2.05, 4.69) is 12.6 Å². The molecule has 0 saturated carbocycles. The van der Waals surface area contributed by atoms with E-state index in [0.717, 1.165) is 0 Å². The average Bonchev–Trinajstić information content (AvgIpc) is 1.84. The molecule has 0 heterocycles. The van der Waals surface area contributed by atoms with Crippen molar-refractivity contribution in [2.24, 2.45) is 0 Å². The van der Waals surface area contributed by atoms with Crippen LogP contribution in [0.1, 0.15) is 19.8 Å². The van der Waals surface area contributed by atoms with Gasteiger partial charge in [0.05, 0.1) is 12.8 Å². The van der Waals surface area contributed by atoms with Crippen LogP contribution in [0.2, 0.25) is 0 Å². The summed E-state index contributed by atoms with van der Waals surface area (Å²) in [5, 5.41) is 8.32. The number of esters is 1. The zero-order valence-electron chi connectivity index (χ0n) is 6.82. The lowest BCUT2D eigenvalue weighted by molar-refractivity contribution is -0.151. The van der Waals surface area contributed by atoms with E-state index < -0.39 is 18.0 Å². The van der Waals surface area contributed by atoms with E-state index >= 15 is 0 Å². The third-order valence-corrected chi connectivity index (χ3v) is 1.33. The summed E-state index contributed by atoms with van der Waals surface area (Å²) in [6.07, 6.45) is -0.499. The first-order valence-electron chi connectivity index (χ1n) is 3.58. The summed E-state index contributed by atoms with van der Waals surface area (Å²) in [7, 11) is 0. The summed E-state index contributed by atoms with van der Waals surface area (Å²) < 4.78 is 4.73. The largest absolute Gasteiger partial charge is 0.481 e. The monoisotopic (exact) mass is 192 g/mol. The maximum Gasteiger partial charge on any atom is 0.307 e. The highest BCUT2D eigenvalue weighted by Gasteiger charge is 2.11. The molecule has 1 N–H and O–H groups in total. The molecule has 0 fully saturated rings. The number of aliphatic carboxylic acids is 1. The number of ether oxygens (including phenoxy) is 1. The van der Waals surface area contributed by atoms with Gasteiger partial charge in [-0.3, -0.25) is 9.59 Å². The second-order valence-corrected chi connectivity index (χ2v) is 2.82. The molecular formula is C7H12O4S. The molecule has 0 radical (unpaired) electrons. The van der Waals surface area contributed by atoms with Crippen LogP contribution < -0.4 is 0 Å². The number of carbonyl (C=O) groups is 2. The Hall–Kier alpha value is -0.710. The van der Waals surface area contributed by atoms with Crippen LogP contribution in [0.5, 0.6) is 0 Å². The van der Waals surface area contributed by atoms with Crippen LogP contribution in [0.4, 0.5) is 0 Å². The molecule has 1 atom stereocenters. The zero-order valence-corrected chi connectivity index (χ0v) is 7.71. The van der Waals surface area contributed by atoms with Crippen LogP contribution in [0.15, 0.2) is 0 Å². The maximum absolute atomic E-state index is 10.8. The number of carbonyl (C=O) groups excluding carboxylic acids is 1. The van der Waals surface area contributed by atoms with Gasteiger partial charge in [0, 0.05) is 5.75 Å². The predicted molar refractivity (Wildman–Crippen MR) is 46.3 cm³/mol. The van der Waals surface area contributed by atoms with E-state index in [-0.39, 0.29) is 12.8 Å². The van der Waals surface area contributed by atoms with Gasteiger partial charge in [0.2, 0.25) is 0 Å². The SMILES string of the molecule is CC(CC(=O)O)OC(=O)CCS. The van der Waals surface area contributed by atoms with E-state index in [4.69, 9.17) is 9.84 Å². The first-order chi connectivity index (χ1) is 5.56. The molecule has 0 saturated heterocycles. The van der Waals surface area contributed by atoms with Crippen molar-refractivity contribution in [2.45, 2.75) is 25.9 Å². The Morgan fingerprint density at radius 2 is 2.17 bits per heavy atom. The van der Waals surface area contributed by atoms with Gasteiger partial charge in [0.25, 0.3) is 0 Å². The topological polar surface area (TPSA) is 63.6 Å². The molecule has 0 spiro atoms. The van der Waals surface area contributed by atoms with E-state index in [0.29, 0.717) is 5.75 Å². The molecule has 1 unspecified atom stereocenters. The summed E-state index contributed by atoms with van der Waals surface area (Å²) in [6, 6.07) is 0. The van der Waals surface area contributed by atoms with Crippen molar-refractivity contribution < 1.29 is 19.4 Å². The lowest BCUT2D eigenvalue weighted by Gasteiger charge is -2.09. The first kappa shape index (κ1) is 11.3. The van der Waals surface area contributed by atoms with Gasteiger partial charge in [-0.05, 0) is 6.92 Å². The fourth-order valence-corrected chi connectivity index (χ4v) is 0.845. The van der Waals surface area contributed by atoms with Gasteiger partial charge in [0.1, 0.15) is 6.10 Å². The molecular weight excluding hydrogens is 180 g/mol. The number of rotatable bonds is 5. The van der Waals surface area contributed by atoms with Crippen LogP contribution in [-0.2, 0) is 14.3 Å². The molecule has 5 heteroatoms. The standard InChI is InChI=1S/C7H12O4S/c1-5(4-6(8)9)11-7(10)2-3-12/h5,12H,2-4H2,1H3,(H,8,9). The van der Waals surface area contributed by atoms with Crippen LogP contribution >= 0.6 is 12.6 Å². The summed E-state index contributed by atoms with van der Waals surface area (Å²) in [4.78, 5) is 20.9. The second kappa shape index (κ2) is 5.88. The van der Waals surface area contributed by atoms with Gasteiger partial charge in [-0.2, -0.15) is 12.6 Å². The van der Waals surface area contributed by atoms with Crippen LogP contribution in [0.3, 0.4) is 0 Å². The van der Waals surface area contributed by atoms with E-state index in [9.17, 15) is 9.59 Å². The van der Waals surface area contributed by atoms with Crippen LogP contribution in [0, 0.1) is 0 Å². The van der Waals surface area contributed by atoms with Crippen molar-refractivity contribution >= 4 is 24.6 Å². The summed E-state index contributed by atoms with van der Waals surface area (Å²) >= 11 is 3.84. The highest BCUT2D eigenvalue weighted by molar-refractivity contribution is 7.80. The fraction of sp³-hybridized carbons (Fsp3) is 0.714. The third kappa shape index (κ3) is 6.03. The van der Waals surface area contributed by atoms with Gasteiger partial charge in [0.15, 0.2) is 0 Å². The summed E-state index contributed by atoms with van der Waals surface area (Å²) in [6.45, 7) is 1.55. The fourth-order valence-electron chi connectivity index (χ4n) is 0.662. The molecule has 4 nitrogen and oxygen atoms in total. The van der Waals surface area contributed by atoms with Crippen molar-refractivity contribution in [1.29, 1.82) is 0 Å². The van der Waals surface area contributed by atoms with E-state index in [1.165, 1.54) is 0 Å². The first-order valence-corrected chi connectivity index (χ1v) is 4.21. The molecule has 0 aliphatic heterocycles. The quantitative estimate of drug-likeness (QED) is 0.497. The smallest absolute Gasteiger partial charge is 0.307 e. The highest BCUT2D eigenvalue weighted by Crippen LogP contribution is 2.00. The van der Waals surface area contributed by atoms with Gasteiger partial charge >= 0.3 is 11.9 Å². The number of hydrogen-bond acceptors (Lipinski definition) is 4.